The Morgan fingerprint density at radius 3 is 2.52 bits per heavy atom. The number of carbonyl (C=O) groups is 3. The molecule has 0 aliphatic carbocycles. The van der Waals surface area contributed by atoms with Gasteiger partial charge in [0.15, 0.2) is 35.5 Å². The van der Waals surface area contributed by atoms with Crippen molar-refractivity contribution in [3.8, 4) is 18.6 Å². The third-order valence-electron chi connectivity index (χ3n) is 7.61. The Balaban J connectivity index is 0.000000244. The largest absolute Gasteiger partial charge is 0.476 e. The van der Waals surface area contributed by atoms with Gasteiger partial charge >= 0.3 is 0 Å². The van der Waals surface area contributed by atoms with E-state index in [4.69, 9.17) is 19.0 Å². The fraction of sp³-hybridized carbons (Fsp3) is 0.371. The summed E-state index contributed by atoms with van der Waals surface area (Å²) in [4.78, 5) is 48.5. The van der Waals surface area contributed by atoms with Gasteiger partial charge in [-0.3, -0.25) is 19.1 Å². The molecule has 256 valence electrons. The highest BCUT2D eigenvalue weighted by molar-refractivity contribution is 7.98. The number of carbonyl (C=O) groups excluding carboxylic acids is 3. The fourth-order valence-electron chi connectivity index (χ4n) is 5.24. The molecule has 1 fully saturated rings. The predicted molar refractivity (Wildman–Crippen MR) is 179 cm³/mol. The summed E-state index contributed by atoms with van der Waals surface area (Å²) in [5.74, 6) is -1.43. The van der Waals surface area contributed by atoms with Crippen LogP contribution in [0.5, 0.6) is 5.75 Å². The third kappa shape index (κ3) is 8.69. The topological polar surface area (TPSA) is 116 Å². The smallest absolute Gasteiger partial charge is 0.278 e. The Morgan fingerprint density at radius 2 is 1.83 bits per heavy atom. The highest BCUT2D eigenvalue weighted by Crippen LogP contribution is 2.35. The van der Waals surface area contributed by atoms with Crippen molar-refractivity contribution in [3.05, 3.63) is 92.9 Å². The molecule has 10 nitrogen and oxygen atoms in total. The first-order valence-electron chi connectivity index (χ1n) is 15.0. The van der Waals surface area contributed by atoms with Crippen molar-refractivity contribution in [3.63, 3.8) is 0 Å². The molecule has 0 radical (unpaired) electrons. The molecule has 3 aromatic rings. The lowest BCUT2D eigenvalue weighted by Gasteiger charge is -2.41. The second kappa shape index (κ2) is 17.6. The van der Waals surface area contributed by atoms with Crippen LogP contribution >= 0.6 is 11.8 Å². The van der Waals surface area contributed by atoms with Gasteiger partial charge in [-0.05, 0) is 36.6 Å². The summed E-state index contributed by atoms with van der Waals surface area (Å²) in [6.45, 7) is 6.47. The summed E-state index contributed by atoms with van der Waals surface area (Å²) in [5, 5.41) is 0. The monoisotopic (exact) mass is 683 g/mol. The van der Waals surface area contributed by atoms with Crippen molar-refractivity contribution in [1.29, 1.82) is 0 Å². The first kappa shape index (κ1) is 37.9. The van der Waals surface area contributed by atoms with Gasteiger partial charge < -0.3 is 29.3 Å². The zero-order valence-electron chi connectivity index (χ0n) is 27.2. The number of hydrogen-bond donors (Lipinski definition) is 1. The average Bonchev–Trinajstić information content (AvgIpc) is 3.28. The van der Waals surface area contributed by atoms with Gasteiger partial charge in [-0.1, -0.05) is 38.1 Å². The number of thioether (sulfide) groups is 1. The number of benzene rings is 2. The number of nitrogens with zero attached hydrogens (tertiary/aromatic N) is 2. The number of fused-ring (bicyclic) bond motifs is 4. The van der Waals surface area contributed by atoms with Crippen LogP contribution in [0, 0.1) is 29.9 Å². The molecule has 13 heteroatoms. The van der Waals surface area contributed by atoms with Crippen LogP contribution in [-0.4, -0.2) is 73.8 Å². The molecule has 48 heavy (non-hydrogen) atoms. The maximum Gasteiger partial charge on any atom is 0.278 e. The van der Waals surface area contributed by atoms with Crippen molar-refractivity contribution in [2.45, 2.75) is 50.1 Å². The minimum absolute atomic E-state index is 0.0794. The molecule has 2 aromatic carbocycles. The second-order valence-corrected chi connectivity index (χ2v) is 12.4. The molecule has 3 aliphatic rings. The standard InChI is InChI=1S/C17H23N3O6.C14H10F2S.C2H4O.C2H2/c1-17(2,10-24-3)12(8-21)26-15-11(22)4-5-20-14(15)16(23)19-6-7-25-9-13(19)18-20;15-12-6-5-9-7-10-3-1-2-4-13(10)17-8-11(9)14(12)16;1-2-3;1-2/h4-5,8,12-13,18H,6-7,9-10H2,1-3H3;1-6H,7-8H2;2H,1H3;1-2H/t12-,13?;;;/m0.../s1. The predicted octanol–water partition coefficient (Wildman–Crippen LogP) is 4.44. The number of halogens is 2. The van der Waals surface area contributed by atoms with Crippen LogP contribution in [-0.2, 0) is 31.2 Å². The Morgan fingerprint density at radius 1 is 1.12 bits per heavy atom. The molecule has 1 unspecified atom stereocenters. The molecule has 1 aromatic heterocycles. The molecule has 0 saturated carbocycles. The summed E-state index contributed by atoms with van der Waals surface area (Å²) in [6, 6.07) is 12.2. The summed E-state index contributed by atoms with van der Waals surface area (Å²) in [5.41, 5.74) is 4.64. The molecule has 1 N–H and O–H groups in total. The molecule has 4 heterocycles. The lowest BCUT2D eigenvalue weighted by molar-refractivity contribution is -0.120. The van der Waals surface area contributed by atoms with E-state index in [-0.39, 0.29) is 30.1 Å². The van der Waals surface area contributed by atoms with Gasteiger partial charge in [0, 0.05) is 47.5 Å². The quantitative estimate of drug-likeness (QED) is 0.298. The van der Waals surface area contributed by atoms with Crippen LogP contribution in [0.2, 0.25) is 0 Å². The number of morpholine rings is 1. The lowest BCUT2D eigenvalue weighted by Crippen LogP contribution is -2.59. The molecule has 1 saturated heterocycles. The average molecular weight is 684 g/mol. The second-order valence-electron chi connectivity index (χ2n) is 11.4. The van der Waals surface area contributed by atoms with E-state index in [9.17, 15) is 23.2 Å². The summed E-state index contributed by atoms with van der Waals surface area (Å²) >= 11 is 1.57. The van der Waals surface area contributed by atoms with Gasteiger partial charge in [0.25, 0.3) is 5.91 Å². The number of aldehydes is 2. The highest BCUT2D eigenvalue weighted by atomic mass is 32.2. The van der Waals surface area contributed by atoms with Gasteiger partial charge in [-0.2, -0.15) is 0 Å². The van der Waals surface area contributed by atoms with Gasteiger partial charge in [0.05, 0.1) is 19.8 Å². The van der Waals surface area contributed by atoms with Crippen molar-refractivity contribution >= 4 is 30.2 Å². The van der Waals surface area contributed by atoms with E-state index in [1.807, 2.05) is 24.3 Å². The van der Waals surface area contributed by atoms with Gasteiger partial charge in [-0.15, -0.1) is 24.6 Å². The molecule has 1 amide bonds. The van der Waals surface area contributed by atoms with E-state index in [1.165, 1.54) is 42.6 Å². The number of hydrogen-bond acceptors (Lipinski definition) is 9. The zero-order chi connectivity index (χ0) is 35.4. The Bertz CT molecular complexity index is 1680. The number of methoxy groups -OCH3 is 1. The van der Waals surface area contributed by atoms with Gasteiger partial charge in [0.1, 0.15) is 12.5 Å². The minimum Gasteiger partial charge on any atom is -0.476 e. The van der Waals surface area contributed by atoms with Crippen molar-refractivity contribution in [1.82, 2.24) is 9.58 Å². The number of aromatic nitrogens is 1. The maximum absolute atomic E-state index is 13.7. The molecular formula is C35H39F2N3O7S. The Labute approximate surface area is 282 Å². The minimum atomic E-state index is -0.947. The zero-order valence-corrected chi connectivity index (χ0v) is 28.1. The molecule has 3 aliphatic heterocycles. The fourth-order valence-corrected chi connectivity index (χ4v) is 6.36. The number of amides is 1. The molecule has 6 rings (SSSR count). The summed E-state index contributed by atoms with van der Waals surface area (Å²) < 4.78 is 44.6. The van der Waals surface area contributed by atoms with Crippen molar-refractivity contribution in [2.75, 3.05) is 38.9 Å². The number of rotatable bonds is 6. The lowest BCUT2D eigenvalue weighted by atomic mass is 9.88. The van der Waals surface area contributed by atoms with Crippen LogP contribution in [0.3, 0.4) is 0 Å². The number of terminal acetylenes is 1. The first-order valence-corrected chi connectivity index (χ1v) is 16.0. The van der Waals surface area contributed by atoms with E-state index in [0.29, 0.717) is 43.8 Å². The van der Waals surface area contributed by atoms with Crippen LogP contribution in [0.25, 0.3) is 0 Å². The Kier molecular flexibility index (Phi) is 13.9. The normalized spacial score (nSPS) is 16.4. The van der Waals surface area contributed by atoms with E-state index < -0.39 is 28.6 Å². The molecule has 2 atom stereocenters. The summed E-state index contributed by atoms with van der Waals surface area (Å²) in [7, 11) is 1.52. The van der Waals surface area contributed by atoms with Crippen molar-refractivity contribution in [2.24, 2.45) is 5.41 Å². The van der Waals surface area contributed by atoms with Crippen LogP contribution < -0.4 is 15.6 Å². The van der Waals surface area contributed by atoms with Crippen LogP contribution in [0.4, 0.5) is 8.78 Å². The number of pyridine rings is 1. The van der Waals surface area contributed by atoms with E-state index in [2.05, 4.69) is 18.3 Å². The van der Waals surface area contributed by atoms with E-state index >= 15 is 0 Å². The highest BCUT2D eigenvalue weighted by Gasteiger charge is 2.39. The third-order valence-corrected chi connectivity index (χ3v) is 8.75. The Hall–Kier alpha value is -4.51. The van der Waals surface area contributed by atoms with E-state index in [1.54, 1.807) is 36.6 Å². The van der Waals surface area contributed by atoms with Crippen LogP contribution in [0.1, 0.15) is 48.0 Å². The maximum atomic E-state index is 13.7. The van der Waals surface area contributed by atoms with Crippen molar-refractivity contribution < 1.29 is 37.4 Å². The molecule has 0 spiro atoms. The molecule has 0 bridgehead atoms. The van der Waals surface area contributed by atoms with Crippen LogP contribution in [0.15, 0.2) is 58.4 Å². The number of nitrogens with one attached hydrogen (secondary N) is 1. The summed E-state index contributed by atoms with van der Waals surface area (Å²) in [6.07, 6.45) is 10.3. The SMILES string of the molecule is C#C.CC=O.COCC(C)(C)[C@H](C=O)Oc1c2n(ccc1=O)NC1COCCN1C2=O.Fc1ccc2c(c1F)CSc1ccccc1C2. The van der Waals surface area contributed by atoms with E-state index in [0.717, 1.165) is 16.7 Å². The number of ether oxygens (including phenoxy) is 3. The first-order chi connectivity index (χ1) is 23.1. The molecular weight excluding hydrogens is 644 g/mol. The van der Waals surface area contributed by atoms with Gasteiger partial charge in [-0.25, -0.2) is 8.78 Å². The van der Waals surface area contributed by atoms with Gasteiger partial charge in [0.2, 0.25) is 5.43 Å².